The van der Waals surface area contributed by atoms with Crippen LogP contribution < -0.4 is 5.32 Å². The Hall–Kier alpha value is 0.160. The van der Waals surface area contributed by atoms with E-state index in [1.54, 1.807) is 0 Å². The summed E-state index contributed by atoms with van der Waals surface area (Å²) in [6.45, 7) is 5.09. The van der Waals surface area contributed by atoms with Crippen molar-refractivity contribution in [2.45, 2.75) is 6.42 Å². The van der Waals surface area contributed by atoms with Crippen molar-refractivity contribution in [3.63, 3.8) is 0 Å². The van der Waals surface area contributed by atoms with Gasteiger partial charge in [0, 0.05) is 31.9 Å². The number of hydrogen-bond acceptors (Lipinski definition) is 4. The number of halogens is 1. The minimum atomic E-state index is -2.17. The van der Waals surface area contributed by atoms with Gasteiger partial charge in [-0.15, -0.1) is 12.4 Å². The molecular formula is C7H17ClN2O2S. The van der Waals surface area contributed by atoms with Crippen LogP contribution in [-0.2, 0) is 10.7 Å². The number of thiol groups is 1. The van der Waals surface area contributed by atoms with E-state index in [-0.39, 0.29) is 12.4 Å². The van der Waals surface area contributed by atoms with Gasteiger partial charge in [-0.05, 0) is 13.0 Å². The third-order valence-corrected chi connectivity index (χ3v) is 2.71. The molecule has 80 valence electrons. The molecule has 0 atom stereocenters. The normalized spacial score (nSPS) is 18.5. The lowest BCUT2D eigenvalue weighted by Gasteiger charge is -2.26. The fourth-order valence-electron chi connectivity index (χ4n) is 1.36. The third-order valence-electron chi connectivity index (χ3n) is 2.02. The summed E-state index contributed by atoms with van der Waals surface area (Å²) in [4.78, 5) is 2.30. The zero-order chi connectivity index (χ0) is 8.81. The number of nitrogens with zero attached hydrogens (tertiary/aromatic N) is 1. The summed E-state index contributed by atoms with van der Waals surface area (Å²) >= 11 is 0. The molecule has 0 unspecified atom stereocenters. The number of hydrogen-bond donors (Lipinski definition) is 2. The molecule has 0 aromatic rings. The molecule has 1 aliphatic heterocycles. The summed E-state index contributed by atoms with van der Waals surface area (Å²) < 4.78 is 20.5. The van der Waals surface area contributed by atoms with E-state index in [1.165, 1.54) is 0 Å². The van der Waals surface area contributed by atoms with Crippen LogP contribution in [0.15, 0.2) is 0 Å². The van der Waals surface area contributed by atoms with Gasteiger partial charge in [-0.25, -0.2) is 8.42 Å². The van der Waals surface area contributed by atoms with E-state index in [0.717, 1.165) is 39.1 Å². The Labute approximate surface area is 87.0 Å². The first-order valence-corrected chi connectivity index (χ1v) is 5.70. The lowest BCUT2D eigenvalue weighted by Crippen LogP contribution is -2.43. The number of piperazine rings is 1. The van der Waals surface area contributed by atoms with E-state index in [0.29, 0.717) is 5.75 Å². The Kier molecular flexibility index (Phi) is 7.65. The summed E-state index contributed by atoms with van der Waals surface area (Å²) in [7, 11) is -2.17. The molecule has 1 rings (SSSR count). The highest BCUT2D eigenvalue weighted by molar-refractivity contribution is 7.72. The highest BCUT2D eigenvalue weighted by atomic mass is 35.5. The van der Waals surface area contributed by atoms with E-state index in [4.69, 9.17) is 0 Å². The van der Waals surface area contributed by atoms with Crippen LogP contribution in [0.4, 0.5) is 0 Å². The van der Waals surface area contributed by atoms with E-state index in [1.807, 2.05) is 0 Å². The first kappa shape index (κ1) is 13.2. The summed E-state index contributed by atoms with van der Waals surface area (Å²) in [6, 6.07) is 0. The Bertz CT molecular complexity index is 185. The highest BCUT2D eigenvalue weighted by Gasteiger charge is 2.07. The number of nitrogens with one attached hydrogen (secondary N) is 1. The van der Waals surface area contributed by atoms with Gasteiger partial charge in [0.1, 0.15) is 10.7 Å². The smallest absolute Gasteiger partial charge is 0.140 e. The van der Waals surface area contributed by atoms with Gasteiger partial charge >= 0.3 is 0 Å². The lowest BCUT2D eigenvalue weighted by molar-refractivity contribution is 0.242. The molecule has 6 heteroatoms. The molecular weight excluding hydrogens is 212 g/mol. The molecule has 1 saturated heterocycles. The standard InChI is InChI=1S/C7H16N2O2S.ClH/c10-12(11)7-1-4-9-5-2-8-3-6-9;/h8,12H,1-7H2;1H. The van der Waals surface area contributed by atoms with E-state index >= 15 is 0 Å². The maximum absolute atomic E-state index is 10.2. The lowest BCUT2D eigenvalue weighted by atomic mass is 10.3. The largest absolute Gasteiger partial charge is 0.314 e. The Morgan fingerprint density at radius 3 is 2.38 bits per heavy atom. The first-order valence-electron chi connectivity index (χ1n) is 4.34. The molecule has 0 amide bonds. The van der Waals surface area contributed by atoms with Gasteiger partial charge in [0.05, 0.1) is 0 Å². The van der Waals surface area contributed by atoms with Crippen molar-refractivity contribution in [3.8, 4) is 0 Å². The minimum Gasteiger partial charge on any atom is -0.314 e. The van der Waals surface area contributed by atoms with Crippen molar-refractivity contribution >= 4 is 23.1 Å². The Morgan fingerprint density at radius 1 is 1.23 bits per heavy atom. The molecule has 13 heavy (non-hydrogen) atoms. The second-order valence-corrected chi connectivity index (χ2v) is 4.11. The SMILES string of the molecule is Cl.O=[SH](=O)CCCN1CCNCC1. The monoisotopic (exact) mass is 228 g/mol. The summed E-state index contributed by atoms with van der Waals surface area (Å²) in [5.74, 6) is 0.333. The van der Waals surface area contributed by atoms with Gasteiger partial charge in [0.25, 0.3) is 0 Å². The zero-order valence-corrected chi connectivity index (χ0v) is 9.28. The van der Waals surface area contributed by atoms with Crippen molar-refractivity contribution in [3.05, 3.63) is 0 Å². The van der Waals surface area contributed by atoms with Crippen molar-refractivity contribution < 1.29 is 8.42 Å². The summed E-state index contributed by atoms with van der Waals surface area (Å²) in [5.41, 5.74) is 0. The van der Waals surface area contributed by atoms with E-state index in [9.17, 15) is 8.42 Å². The van der Waals surface area contributed by atoms with Crippen LogP contribution in [0.1, 0.15) is 6.42 Å². The van der Waals surface area contributed by atoms with E-state index < -0.39 is 10.7 Å². The van der Waals surface area contributed by atoms with Crippen LogP contribution in [0.3, 0.4) is 0 Å². The topological polar surface area (TPSA) is 49.4 Å². The molecule has 0 aliphatic carbocycles. The Morgan fingerprint density at radius 2 is 1.85 bits per heavy atom. The fourth-order valence-corrected chi connectivity index (χ4v) is 1.76. The minimum absolute atomic E-state index is 0. The van der Waals surface area contributed by atoms with Crippen molar-refractivity contribution in [1.29, 1.82) is 0 Å². The predicted molar refractivity (Wildman–Crippen MR) is 56.4 cm³/mol. The maximum atomic E-state index is 10.2. The van der Waals surface area contributed by atoms with E-state index in [2.05, 4.69) is 10.2 Å². The molecule has 1 aliphatic rings. The van der Waals surface area contributed by atoms with Crippen molar-refractivity contribution in [2.24, 2.45) is 0 Å². The van der Waals surface area contributed by atoms with Crippen LogP contribution in [0.2, 0.25) is 0 Å². The summed E-state index contributed by atoms with van der Waals surface area (Å²) in [6.07, 6.45) is 0.776. The molecule has 0 aromatic carbocycles. The summed E-state index contributed by atoms with van der Waals surface area (Å²) in [5, 5.41) is 3.25. The van der Waals surface area contributed by atoms with Gasteiger partial charge in [-0.2, -0.15) is 0 Å². The van der Waals surface area contributed by atoms with Crippen LogP contribution in [0, 0.1) is 0 Å². The first-order chi connectivity index (χ1) is 5.79. The van der Waals surface area contributed by atoms with Gasteiger partial charge in [0.2, 0.25) is 0 Å². The third kappa shape index (κ3) is 6.26. The molecule has 0 saturated carbocycles. The van der Waals surface area contributed by atoms with Gasteiger partial charge in [-0.3, -0.25) is 0 Å². The van der Waals surface area contributed by atoms with Gasteiger partial charge in [0.15, 0.2) is 0 Å². The second-order valence-electron chi connectivity index (χ2n) is 3.00. The highest BCUT2D eigenvalue weighted by Crippen LogP contribution is 1.93. The fraction of sp³-hybridized carbons (Fsp3) is 1.00. The molecule has 1 fully saturated rings. The van der Waals surface area contributed by atoms with Crippen molar-refractivity contribution in [1.82, 2.24) is 10.2 Å². The molecule has 4 nitrogen and oxygen atoms in total. The maximum Gasteiger partial charge on any atom is 0.140 e. The quantitative estimate of drug-likeness (QED) is 0.626. The predicted octanol–water partition coefficient (Wildman–Crippen LogP) is -0.685. The molecule has 0 radical (unpaired) electrons. The average Bonchev–Trinajstić information content (AvgIpc) is 2.05. The van der Waals surface area contributed by atoms with Crippen molar-refractivity contribution in [2.75, 3.05) is 38.5 Å². The van der Waals surface area contributed by atoms with Gasteiger partial charge < -0.3 is 10.2 Å². The second kappa shape index (κ2) is 7.55. The van der Waals surface area contributed by atoms with Crippen LogP contribution in [0.5, 0.6) is 0 Å². The molecule has 0 spiro atoms. The zero-order valence-electron chi connectivity index (χ0n) is 7.57. The molecule has 0 bridgehead atoms. The Balaban J connectivity index is 0.00000144. The molecule has 1 N–H and O–H groups in total. The molecule has 0 aromatic heterocycles. The average molecular weight is 229 g/mol. The van der Waals surface area contributed by atoms with Crippen LogP contribution in [-0.4, -0.2) is 51.8 Å². The van der Waals surface area contributed by atoms with Crippen LogP contribution >= 0.6 is 12.4 Å². The number of rotatable bonds is 4. The molecule has 1 heterocycles. The van der Waals surface area contributed by atoms with Gasteiger partial charge in [-0.1, -0.05) is 0 Å². The van der Waals surface area contributed by atoms with Crippen LogP contribution in [0.25, 0.3) is 0 Å².